The summed E-state index contributed by atoms with van der Waals surface area (Å²) < 4.78 is 14.0. The van der Waals surface area contributed by atoms with Crippen molar-refractivity contribution in [2.45, 2.75) is 97.1 Å². The van der Waals surface area contributed by atoms with E-state index in [1.54, 1.807) is 56.3 Å². The van der Waals surface area contributed by atoms with Crippen LogP contribution in [0.1, 0.15) is 70.3 Å². The van der Waals surface area contributed by atoms with Crippen LogP contribution in [0.15, 0.2) is 72.9 Å². The second kappa shape index (κ2) is 24.7. The van der Waals surface area contributed by atoms with Crippen molar-refractivity contribution < 1.29 is 33.4 Å². The van der Waals surface area contributed by atoms with Crippen molar-refractivity contribution >= 4 is 52.7 Å². The Morgan fingerprint density at radius 3 is 2.15 bits per heavy atom. The van der Waals surface area contributed by atoms with Gasteiger partial charge in [0.05, 0.1) is 31.6 Å². The summed E-state index contributed by atoms with van der Waals surface area (Å²) >= 11 is 12.8. The number of hydrogen-bond acceptors (Lipinski definition) is 9. The fourth-order valence-electron chi connectivity index (χ4n) is 8.57. The highest BCUT2D eigenvalue weighted by molar-refractivity contribution is 6.31. The number of halogens is 2. The topological polar surface area (TPSA) is 159 Å². The van der Waals surface area contributed by atoms with Crippen LogP contribution in [0.2, 0.25) is 10.0 Å². The van der Waals surface area contributed by atoms with E-state index in [-0.39, 0.29) is 50.3 Å². The molecule has 0 spiro atoms. The van der Waals surface area contributed by atoms with Gasteiger partial charge in [-0.15, -0.1) is 0 Å². The molecule has 4 aromatic rings. The summed E-state index contributed by atoms with van der Waals surface area (Å²) in [6.45, 7) is 7.96. The highest BCUT2D eigenvalue weighted by Gasteiger charge is 2.38. The molecule has 2 N–H and O–H groups in total. The van der Waals surface area contributed by atoms with Gasteiger partial charge in [-0.3, -0.25) is 24.0 Å². The summed E-state index contributed by atoms with van der Waals surface area (Å²) in [6, 6.07) is 16.4. The Hall–Kier alpha value is -5.48. The molecule has 2 heterocycles. The quantitative estimate of drug-likeness (QED) is 0.136. The van der Waals surface area contributed by atoms with E-state index in [9.17, 15) is 24.0 Å². The van der Waals surface area contributed by atoms with Crippen molar-refractivity contribution in [2.75, 3.05) is 48.5 Å². The molecule has 0 unspecified atom stereocenters. The maximum Gasteiger partial charge on any atom is 0.247 e. The Labute approximate surface area is 411 Å². The predicted octanol–water partition coefficient (Wildman–Crippen LogP) is 6.98. The first-order valence-electron chi connectivity index (χ1n) is 23.2. The van der Waals surface area contributed by atoms with Crippen molar-refractivity contribution in [3.05, 3.63) is 99.9 Å². The highest BCUT2D eigenvalue weighted by Crippen LogP contribution is 2.33. The highest BCUT2D eigenvalue weighted by atomic mass is 35.5. The fourth-order valence-corrected chi connectivity index (χ4v) is 8.85. The predicted molar refractivity (Wildman–Crippen MR) is 265 cm³/mol. The number of nitrogens with zero attached hydrogens (tertiary/aromatic N) is 6. The maximum absolute atomic E-state index is 15.0. The molecular formula is C51H68Cl2N8O7. The van der Waals surface area contributed by atoms with Gasteiger partial charge in [0, 0.05) is 86.8 Å². The normalized spacial score (nSPS) is 20.7. The number of rotatable bonds is 14. The van der Waals surface area contributed by atoms with Gasteiger partial charge >= 0.3 is 0 Å². The molecular weight excluding hydrogens is 908 g/mol. The molecule has 15 nitrogen and oxygen atoms in total. The van der Waals surface area contributed by atoms with Crippen molar-refractivity contribution in [1.29, 1.82) is 0 Å². The number of imidazole rings is 1. The zero-order valence-electron chi connectivity index (χ0n) is 41.1. The van der Waals surface area contributed by atoms with E-state index in [0.717, 1.165) is 22.6 Å². The third kappa shape index (κ3) is 13.8. The lowest BCUT2D eigenvalue weighted by atomic mass is 9.83. The van der Waals surface area contributed by atoms with Gasteiger partial charge in [0.2, 0.25) is 29.5 Å². The molecule has 5 amide bonds. The van der Waals surface area contributed by atoms with Crippen LogP contribution in [0.4, 0.5) is 0 Å². The van der Waals surface area contributed by atoms with Crippen molar-refractivity contribution in [2.24, 2.45) is 18.9 Å². The number of benzene rings is 3. The molecule has 0 radical (unpaired) electrons. The third-order valence-electron chi connectivity index (χ3n) is 13.0. The minimum Gasteiger partial charge on any atom is -0.457 e. The summed E-state index contributed by atoms with van der Waals surface area (Å²) in [6.07, 6.45) is 3.15. The van der Waals surface area contributed by atoms with Gasteiger partial charge in [-0.1, -0.05) is 68.1 Å². The number of carbonyl (C=O) groups excluding carboxylic acids is 5. The number of hydrogen-bond donors (Lipinski definition) is 2. The minimum atomic E-state index is -1.18. The van der Waals surface area contributed by atoms with Crippen molar-refractivity contribution in [1.82, 2.24) is 39.8 Å². The number of ether oxygens (including phenoxy) is 2. The summed E-state index contributed by atoms with van der Waals surface area (Å²) in [5.41, 5.74) is 3.28. The van der Waals surface area contributed by atoms with Gasteiger partial charge in [-0.2, -0.15) is 0 Å². The SMILES string of the molecule is CCC(CC)[C@@H]1CC(=O)N(Cc2ccc(Cl)cc2Oc2ccc(-c3cnc(CN(C)C)n3C)cc2)[C@@H](C)C(=O)N[C@@H](COC)C(=O)N(C)[C@@H](Cc2ccc(Cl)cc2)CC(=O)NC[C@H](C)N(C)C1=O. The Kier molecular flexibility index (Phi) is 19.4. The number of likely N-dealkylation sites (N-methyl/N-ethyl adjacent to an activating group) is 2. The van der Waals surface area contributed by atoms with Crippen LogP contribution in [0, 0.1) is 11.8 Å². The van der Waals surface area contributed by atoms with Crippen LogP contribution in [-0.4, -0.2) is 131 Å². The van der Waals surface area contributed by atoms with E-state index in [4.69, 9.17) is 32.7 Å². The largest absolute Gasteiger partial charge is 0.457 e. The molecule has 1 aliphatic rings. The fraction of sp³-hybridized carbons (Fsp3) is 0.490. The number of amides is 5. The summed E-state index contributed by atoms with van der Waals surface area (Å²) in [5.74, 6) is -1.21. The number of methoxy groups -OCH3 is 1. The first-order valence-corrected chi connectivity index (χ1v) is 24.0. The number of carbonyl (C=O) groups is 5. The first-order chi connectivity index (χ1) is 32.3. The van der Waals surface area contributed by atoms with Crippen molar-refractivity contribution in [3.8, 4) is 22.8 Å². The molecule has 1 saturated heterocycles. The number of nitrogens with one attached hydrogen (secondary N) is 2. The number of aromatic nitrogens is 2. The standard InChI is InChI=1S/C51H68Cl2N8O7/c1-11-35(12-2)42-26-48(63)61(29-37-15-20-39(53)24-45(37)68-41-21-16-36(17-22-41)44-28-54-46(60(44)9)30-57(5)6)33(4)49(64)56-43(31-67-10)51(66)59(8)40(23-34-13-18-38(52)19-14-34)25-47(62)55-27-32(3)58(7)50(42)65/h13-22,24,28,32-33,35,40,42-43H,11-12,23,25-27,29-31H2,1-10H3,(H,55,62)(H,56,64)/t32-,33-,40-,42-,43-/m0/s1. The smallest absolute Gasteiger partial charge is 0.247 e. The Bertz CT molecular complexity index is 2350. The van der Waals surface area contributed by atoms with E-state index in [1.807, 2.05) is 84.5 Å². The lowest BCUT2D eigenvalue weighted by molar-refractivity contribution is -0.148. The summed E-state index contributed by atoms with van der Waals surface area (Å²) in [5, 5.41) is 6.78. The Morgan fingerprint density at radius 2 is 1.51 bits per heavy atom. The molecule has 68 heavy (non-hydrogen) atoms. The molecule has 1 aromatic heterocycles. The van der Waals surface area contributed by atoms with Gasteiger partial charge in [-0.25, -0.2) is 4.98 Å². The maximum atomic E-state index is 15.0. The van der Waals surface area contributed by atoms with Crippen LogP contribution in [0.5, 0.6) is 11.5 Å². The molecule has 368 valence electrons. The van der Waals surface area contributed by atoms with Gasteiger partial charge in [0.15, 0.2) is 0 Å². The molecule has 5 atom stereocenters. The third-order valence-corrected chi connectivity index (χ3v) is 13.5. The van der Waals surface area contributed by atoms with E-state index in [1.165, 1.54) is 16.9 Å². The lowest BCUT2D eigenvalue weighted by Crippen LogP contribution is -2.57. The average molecular weight is 976 g/mol. The molecule has 17 heteroatoms. The van der Waals surface area contributed by atoms with E-state index in [0.29, 0.717) is 52.9 Å². The van der Waals surface area contributed by atoms with E-state index in [2.05, 4.69) is 25.1 Å². The minimum absolute atomic E-state index is 0.0597. The summed E-state index contributed by atoms with van der Waals surface area (Å²) in [4.78, 5) is 83.3. The Morgan fingerprint density at radius 1 is 0.853 bits per heavy atom. The van der Waals surface area contributed by atoms with E-state index >= 15 is 0 Å². The monoisotopic (exact) mass is 974 g/mol. The van der Waals surface area contributed by atoms with Gasteiger partial charge in [0.25, 0.3) is 0 Å². The van der Waals surface area contributed by atoms with Gasteiger partial charge in [0.1, 0.15) is 29.4 Å². The average Bonchev–Trinajstić information content (AvgIpc) is 3.67. The molecule has 5 rings (SSSR count). The molecule has 0 bridgehead atoms. The van der Waals surface area contributed by atoms with Gasteiger partial charge < -0.3 is 44.3 Å². The zero-order valence-corrected chi connectivity index (χ0v) is 42.6. The second-order valence-corrected chi connectivity index (χ2v) is 18.9. The van der Waals surface area contributed by atoms with E-state index < -0.39 is 47.8 Å². The molecule has 0 aliphatic carbocycles. The van der Waals surface area contributed by atoms with Crippen LogP contribution < -0.4 is 15.4 Å². The Balaban J connectivity index is 1.53. The first kappa shape index (κ1) is 53.5. The zero-order chi connectivity index (χ0) is 49.8. The molecule has 0 saturated carbocycles. The van der Waals surface area contributed by atoms with Crippen LogP contribution in [0.3, 0.4) is 0 Å². The van der Waals surface area contributed by atoms with Crippen LogP contribution in [0.25, 0.3) is 11.3 Å². The molecule has 1 aliphatic heterocycles. The van der Waals surface area contributed by atoms with Gasteiger partial charge in [-0.05, 0) is 94.4 Å². The van der Waals surface area contributed by atoms with Crippen molar-refractivity contribution in [3.63, 3.8) is 0 Å². The second-order valence-electron chi connectivity index (χ2n) is 18.1. The van der Waals surface area contributed by atoms with Crippen LogP contribution >= 0.6 is 23.2 Å². The molecule has 3 aromatic carbocycles. The summed E-state index contributed by atoms with van der Waals surface area (Å²) in [7, 11) is 10.7. The van der Waals surface area contributed by atoms with Crippen LogP contribution in [-0.2, 0) is 55.3 Å². The lowest BCUT2D eigenvalue weighted by Gasteiger charge is -2.36. The molecule has 1 fully saturated rings.